The van der Waals surface area contributed by atoms with Gasteiger partial charge in [-0.05, 0) is 44.0 Å². The molecular weight excluding hydrogens is 274 g/mol. The zero-order chi connectivity index (χ0) is 14.9. The summed E-state index contributed by atoms with van der Waals surface area (Å²) in [6.07, 6.45) is 4.04. The van der Waals surface area contributed by atoms with Gasteiger partial charge < -0.3 is 4.74 Å². The van der Waals surface area contributed by atoms with Gasteiger partial charge in [0.2, 0.25) is 0 Å². The molecule has 112 valence electrons. The van der Waals surface area contributed by atoms with Crippen LogP contribution in [-0.2, 0) is 4.74 Å². The van der Waals surface area contributed by atoms with Gasteiger partial charge in [-0.1, -0.05) is 17.7 Å². The highest BCUT2D eigenvalue weighted by molar-refractivity contribution is 5.74. The lowest BCUT2D eigenvalue weighted by Crippen LogP contribution is -2.19. The minimum absolute atomic E-state index is 0.337. The number of benzene rings is 1. The van der Waals surface area contributed by atoms with Gasteiger partial charge in [0.05, 0.1) is 6.61 Å². The number of hydrogen-bond acceptors (Lipinski definition) is 3. The molecular formula is C18H19N3O. The molecule has 1 fully saturated rings. The van der Waals surface area contributed by atoms with E-state index in [9.17, 15) is 0 Å². The van der Waals surface area contributed by atoms with Crippen molar-refractivity contribution >= 4 is 11.2 Å². The smallest absolute Gasteiger partial charge is 0.164 e. The first-order valence-electron chi connectivity index (χ1n) is 7.81. The number of aryl methyl sites for hydroxylation is 1. The van der Waals surface area contributed by atoms with Gasteiger partial charge >= 0.3 is 0 Å². The molecule has 2 aromatic heterocycles. The van der Waals surface area contributed by atoms with Gasteiger partial charge in [0.25, 0.3) is 0 Å². The van der Waals surface area contributed by atoms with Gasteiger partial charge in [0.1, 0.15) is 11.3 Å². The first-order valence-corrected chi connectivity index (χ1v) is 7.81. The Morgan fingerprint density at radius 3 is 2.82 bits per heavy atom. The molecule has 1 aromatic carbocycles. The molecule has 0 bridgehead atoms. The predicted octanol–water partition coefficient (Wildman–Crippen LogP) is 3.62. The molecule has 0 spiro atoms. The molecule has 0 saturated carbocycles. The van der Waals surface area contributed by atoms with Crippen LogP contribution in [0.2, 0.25) is 0 Å². The number of nitrogens with zero attached hydrogens (tertiary/aromatic N) is 3. The van der Waals surface area contributed by atoms with E-state index in [-0.39, 0.29) is 0 Å². The Labute approximate surface area is 129 Å². The van der Waals surface area contributed by atoms with Crippen molar-refractivity contribution in [3.63, 3.8) is 0 Å². The van der Waals surface area contributed by atoms with Crippen molar-refractivity contribution in [2.24, 2.45) is 0 Å². The van der Waals surface area contributed by atoms with Crippen LogP contribution < -0.4 is 0 Å². The largest absolute Gasteiger partial charge is 0.381 e. The summed E-state index contributed by atoms with van der Waals surface area (Å²) in [5, 5.41) is 0. The molecule has 22 heavy (non-hydrogen) atoms. The van der Waals surface area contributed by atoms with Crippen LogP contribution in [0, 0.1) is 6.92 Å². The maximum atomic E-state index is 5.67. The van der Waals surface area contributed by atoms with E-state index in [0.717, 1.165) is 48.7 Å². The fourth-order valence-corrected chi connectivity index (χ4v) is 3.10. The van der Waals surface area contributed by atoms with Crippen molar-refractivity contribution in [2.45, 2.75) is 25.7 Å². The number of aromatic nitrogens is 3. The normalized spacial score (nSPS) is 18.7. The fourth-order valence-electron chi connectivity index (χ4n) is 3.10. The van der Waals surface area contributed by atoms with Gasteiger partial charge in [0.15, 0.2) is 5.65 Å². The van der Waals surface area contributed by atoms with Crippen LogP contribution in [0.3, 0.4) is 0 Å². The Morgan fingerprint density at radius 1 is 1.18 bits per heavy atom. The molecule has 0 radical (unpaired) electrons. The number of imidazole rings is 1. The highest BCUT2D eigenvalue weighted by Gasteiger charge is 2.24. The Morgan fingerprint density at radius 2 is 2.05 bits per heavy atom. The maximum absolute atomic E-state index is 5.67. The van der Waals surface area contributed by atoms with Crippen LogP contribution >= 0.6 is 0 Å². The average Bonchev–Trinajstić information content (AvgIpc) is 2.96. The first-order chi connectivity index (χ1) is 10.8. The van der Waals surface area contributed by atoms with Crippen molar-refractivity contribution in [2.75, 3.05) is 13.2 Å². The third-order valence-electron chi connectivity index (χ3n) is 4.26. The molecule has 1 saturated heterocycles. The Kier molecular flexibility index (Phi) is 3.39. The Bertz CT molecular complexity index is 786. The van der Waals surface area contributed by atoms with Crippen molar-refractivity contribution in [1.29, 1.82) is 0 Å². The van der Waals surface area contributed by atoms with Crippen molar-refractivity contribution in [1.82, 2.24) is 14.5 Å². The van der Waals surface area contributed by atoms with Crippen molar-refractivity contribution in [3.05, 3.63) is 54.0 Å². The van der Waals surface area contributed by atoms with Crippen molar-refractivity contribution < 1.29 is 4.74 Å². The number of hydrogen-bond donors (Lipinski definition) is 0. The highest BCUT2D eigenvalue weighted by Crippen LogP contribution is 2.30. The number of ether oxygens (including phenoxy) is 1. The topological polar surface area (TPSA) is 39.9 Å². The summed E-state index contributed by atoms with van der Waals surface area (Å²) in [6.45, 7) is 3.71. The van der Waals surface area contributed by atoms with Gasteiger partial charge in [-0.2, -0.15) is 0 Å². The van der Waals surface area contributed by atoms with Gasteiger partial charge in [-0.25, -0.2) is 9.97 Å². The van der Waals surface area contributed by atoms with E-state index in [4.69, 9.17) is 9.72 Å². The summed E-state index contributed by atoms with van der Waals surface area (Å²) < 4.78 is 7.86. The third kappa shape index (κ3) is 2.29. The molecule has 1 aliphatic rings. The van der Waals surface area contributed by atoms with E-state index in [1.807, 2.05) is 18.3 Å². The van der Waals surface area contributed by atoms with E-state index >= 15 is 0 Å². The van der Waals surface area contributed by atoms with Crippen LogP contribution in [0.25, 0.3) is 16.9 Å². The third-order valence-corrected chi connectivity index (χ3v) is 4.26. The van der Waals surface area contributed by atoms with Crippen LogP contribution in [0.4, 0.5) is 0 Å². The maximum Gasteiger partial charge on any atom is 0.164 e. The standard InChI is InChI=1S/C18H19N3O/c1-13-6-8-15(9-7-13)21-17(14-4-3-11-22-12-14)20-16-5-2-10-19-18(16)21/h2,5-10,14H,3-4,11-12H2,1H3. The number of rotatable bonds is 2. The first kappa shape index (κ1) is 13.5. The predicted molar refractivity (Wildman–Crippen MR) is 86.4 cm³/mol. The lowest BCUT2D eigenvalue weighted by atomic mass is 10.0. The summed E-state index contributed by atoms with van der Waals surface area (Å²) in [7, 11) is 0. The zero-order valence-electron chi connectivity index (χ0n) is 12.7. The molecule has 1 aliphatic heterocycles. The monoisotopic (exact) mass is 293 g/mol. The fraction of sp³-hybridized carbons (Fsp3) is 0.333. The molecule has 4 rings (SSSR count). The minimum atomic E-state index is 0.337. The average molecular weight is 293 g/mol. The molecule has 1 unspecified atom stereocenters. The van der Waals surface area contributed by atoms with Gasteiger partial charge in [-0.15, -0.1) is 0 Å². The summed E-state index contributed by atoms with van der Waals surface area (Å²) in [4.78, 5) is 9.41. The summed E-state index contributed by atoms with van der Waals surface area (Å²) in [5.74, 6) is 1.40. The second-order valence-electron chi connectivity index (χ2n) is 5.90. The zero-order valence-corrected chi connectivity index (χ0v) is 12.7. The van der Waals surface area contributed by atoms with E-state index < -0.39 is 0 Å². The van der Waals surface area contributed by atoms with Crippen LogP contribution in [-0.4, -0.2) is 27.7 Å². The van der Waals surface area contributed by atoms with Crippen LogP contribution in [0.5, 0.6) is 0 Å². The Hall–Kier alpha value is -2.20. The van der Waals surface area contributed by atoms with Crippen molar-refractivity contribution in [3.8, 4) is 5.69 Å². The van der Waals surface area contributed by atoms with Crippen LogP contribution in [0.1, 0.15) is 30.1 Å². The molecule has 3 heterocycles. The quantitative estimate of drug-likeness (QED) is 0.724. The molecule has 0 aliphatic carbocycles. The number of pyridine rings is 1. The lowest BCUT2D eigenvalue weighted by Gasteiger charge is -2.22. The second-order valence-corrected chi connectivity index (χ2v) is 5.90. The molecule has 4 nitrogen and oxygen atoms in total. The SMILES string of the molecule is Cc1ccc(-n2c(C3CCCOC3)nc3cccnc32)cc1. The summed E-state index contributed by atoms with van der Waals surface area (Å²) >= 11 is 0. The van der Waals surface area contributed by atoms with Gasteiger partial charge in [-0.3, -0.25) is 4.57 Å². The van der Waals surface area contributed by atoms with Gasteiger partial charge in [0, 0.05) is 24.4 Å². The molecule has 3 aromatic rings. The Balaban J connectivity index is 1.91. The highest BCUT2D eigenvalue weighted by atomic mass is 16.5. The van der Waals surface area contributed by atoms with E-state index in [1.54, 1.807) is 0 Å². The molecule has 0 N–H and O–H groups in total. The van der Waals surface area contributed by atoms with E-state index in [1.165, 1.54) is 5.56 Å². The summed E-state index contributed by atoms with van der Waals surface area (Å²) in [6, 6.07) is 12.5. The molecule has 0 amide bonds. The minimum Gasteiger partial charge on any atom is -0.381 e. The molecule has 4 heteroatoms. The van der Waals surface area contributed by atoms with E-state index in [0.29, 0.717) is 5.92 Å². The lowest BCUT2D eigenvalue weighted by molar-refractivity contribution is 0.0778. The summed E-state index contributed by atoms with van der Waals surface area (Å²) in [5.41, 5.74) is 4.24. The number of fused-ring (bicyclic) bond motifs is 1. The second kappa shape index (κ2) is 5.54. The molecule has 1 atom stereocenters. The van der Waals surface area contributed by atoms with E-state index in [2.05, 4.69) is 40.7 Å². The van der Waals surface area contributed by atoms with Crippen LogP contribution in [0.15, 0.2) is 42.6 Å².